The van der Waals surface area contributed by atoms with E-state index in [9.17, 15) is 4.79 Å². The lowest BCUT2D eigenvalue weighted by atomic mass is 10.0. The number of para-hydroxylation sites is 1. The maximum atomic E-state index is 12.3. The number of rotatable bonds is 4. The number of carbonyl (C=O) groups excluding carboxylic acids is 1. The predicted octanol–water partition coefficient (Wildman–Crippen LogP) is 4.74. The highest BCUT2D eigenvalue weighted by Crippen LogP contribution is 2.25. The zero-order chi connectivity index (χ0) is 15.4. The van der Waals surface area contributed by atoms with Crippen molar-refractivity contribution < 1.29 is 4.79 Å². The van der Waals surface area contributed by atoms with E-state index >= 15 is 0 Å². The molecule has 0 saturated heterocycles. The van der Waals surface area contributed by atoms with Gasteiger partial charge < -0.3 is 5.32 Å². The normalized spacial score (nSPS) is 10.6. The van der Waals surface area contributed by atoms with Crippen LogP contribution in [-0.2, 0) is 11.2 Å². The molecule has 3 aromatic rings. The Kier molecular flexibility index (Phi) is 4.45. The summed E-state index contributed by atoms with van der Waals surface area (Å²) < 4.78 is 0. The Bertz CT molecular complexity index is 813. The number of fused-ring (bicyclic) bond motifs is 1. The van der Waals surface area contributed by atoms with Crippen LogP contribution >= 0.6 is 11.8 Å². The number of hydrogen-bond acceptors (Lipinski definition) is 2. The maximum absolute atomic E-state index is 12.3. The van der Waals surface area contributed by atoms with Crippen LogP contribution in [0.25, 0.3) is 10.8 Å². The van der Waals surface area contributed by atoms with Gasteiger partial charge in [-0.25, -0.2) is 0 Å². The first kappa shape index (κ1) is 14.7. The number of anilines is 1. The Hall–Kier alpha value is -2.26. The minimum absolute atomic E-state index is 0.0109. The Balaban J connectivity index is 1.75. The minimum Gasteiger partial charge on any atom is -0.325 e. The summed E-state index contributed by atoms with van der Waals surface area (Å²) in [6, 6.07) is 22.2. The lowest BCUT2D eigenvalue weighted by Crippen LogP contribution is -2.14. The van der Waals surface area contributed by atoms with Crippen LogP contribution in [0, 0.1) is 0 Å². The van der Waals surface area contributed by atoms with Crippen LogP contribution in [0.4, 0.5) is 5.69 Å². The average Bonchev–Trinajstić information content (AvgIpc) is 2.55. The van der Waals surface area contributed by atoms with Crippen molar-refractivity contribution in [1.29, 1.82) is 0 Å². The number of hydrogen-bond donors (Lipinski definition) is 1. The summed E-state index contributed by atoms with van der Waals surface area (Å²) in [7, 11) is 0. The van der Waals surface area contributed by atoms with Crippen molar-refractivity contribution in [3.05, 3.63) is 72.3 Å². The third-order valence-electron chi connectivity index (χ3n) is 3.56. The smallest absolute Gasteiger partial charge is 0.228 e. The summed E-state index contributed by atoms with van der Waals surface area (Å²) in [5.74, 6) is 0.0109. The first-order valence-corrected chi connectivity index (χ1v) is 8.39. The van der Waals surface area contributed by atoms with Gasteiger partial charge >= 0.3 is 0 Å². The van der Waals surface area contributed by atoms with Crippen LogP contribution in [0.5, 0.6) is 0 Å². The van der Waals surface area contributed by atoms with Gasteiger partial charge in [0.1, 0.15) is 0 Å². The number of nitrogens with one attached hydrogen (secondary N) is 1. The number of benzene rings is 3. The van der Waals surface area contributed by atoms with E-state index in [-0.39, 0.29) is 5.91 Å². The molecule has 0 atom stereocenters. The zero-order valence-corrected chi connectivity index (χ0v) is 13.2. The summed E-state index contributed by atoms with van der Waals surface area (Å²) in [5, 5.41) is 5.36. The van der Waals surface area contributed by atoms with Gasteiger partial charge in [0.2, 0.25) is 5.91 Å². The van der Waals surface area contributed by atoms with Crippen LogP contribution in [-0.4, -0.2) is 12.2 Å². The van der Waals surface area contributed by atoms with Crippen molar-refractivity contribution >= 4 is 34.1 Å². The molecule has 0 aliphatic heterocycles. The molecular weight excluding hydrogens is 290 g/mol. The second kappa shape index (κ2) is 6.67. The Morgan fingerprint density at radius 1 is 0.955 bits per heavy atom. The van der Waals surface area contributed by atoms with Gasteiger partial charge in [-0.2, -0.15) is 0 Å². The predicted molar refractivity (Wildman–Crippen MR) is 94.5 cm³/mol. The fourth-order valence-electron chi connectivity index (χ4n) is 2.48. The molecule has 0 fully saturated rings. The molecule has 1 N–H and O–H groups in total. The molecule has 0 heterocycles. The Morgan fingerprint density at radius 3 is 2.50 bits per heavy atom. The van der Waals surface area contributed by atoms with Gasteiger partial charge in [-0.15, -0.1) is 11.8 Å². The van der Waals surface area contributed by atoms with E-state index in [0.717, 1.165) is 21.5 Å². The van der Waals surface area contributed by atoms with Crippen LogP contribution < -0.4 is 5.32 Å². The van der Waals surface area contributed by atoms with Crippen molar-refractivity contribution in [1.82, 2.24) is 0 Å². The number of thioether (sulfide) groups is 1. The maximum Gasteiger partial charge on any atom is 0.228 e. The second-order valence-corrected chi connectivity index (χ2v) is 5.95. The summed E-state index contributed by atoms with van der Waals surface area (Å²) in [6.45, 7) is 0. The molecular formula is C19H17NOS. The molecule has 3 aromatic carbocycles. The molecule has 0 spiro atoms. The highest BCUT2D eigenvalue weighted by atomic mass is 32.2. The standard InChI is InChI=1S/C19H17NOS/c1-22-18-9-5-4-8-17(18)20-19(21)13-14-10-11-15-6-2-3-7-16(15)12-14/h2-12H,13H2,1H3,(H,20,21). The summed E-state index contributed by atoms with van der Waals surface area (Å²) >= 11 is 1.63. The molecule has 22 heavy (non-hydrogen) atoms. The highest BCUT2D eigenvalue weighted by molar-refractivity contribution is 7.98. The first-order chi connectivity index (χ1) is 10.8. The van der Waals surface area contributed by atoms with Crippen molar-refractivity contribution in [3.8, 4) is 0 Å². The monoisotopic (exact) mass is 307 g/mol. The van der Waals surface area contributed by atoms with E-state index in [1.54, 1.807) is 11.8 Å². The number of carbonyl (C=O) groups is 1. The van der Waals surface area contributed by atoms with Crippen molar-refractivity contribution in [2.45, 2.75) is 11.3 Å². The molecule has 0 radical (unpaired) electrons. The van der Waals surface area contributed by atoms with Crippen LogP contribution in [0.3, 0.4) is 0 Å². The van der Waals surface area contributed by atoms with E-state index in [4.69, 9.17) is 0 Å². The van der Waals surface area contributed by atoms with Crippen LogP contribution in [0.15, 0.2) is 71.6 Å². The Morgan fingerprint density at radius 2 is 1.68 bits per heavy atom. The van der Waals surface area contributed by atoms with Crippen molar-refractivity contribution in [2.75, 3.05) is 11.6 Å². The van der Waals surface area contributed by atoms with Gasteiger partial charge in [0.25, 0.3) is 0 Å². The van der Waals surface area contributed by atoms with Gasteiger partial charge in [0.15, 0.2) is 0 Å². The molecule has 3 rings (SSSR count). The van der Waals surface area contributed by atoms with Crippen LogP contribution in [0.1, 0.15) is 5.56 Å². The van der Waals surface area contributed by atoms with E-state index < -0.39 is 0 Å². The molecule has 1 amide bonds. The van der Waals surface area contributed by atoms with E-state index in [0.29, 0.717) is 6.42 Å². The second-order valence-electron chi connectivity index (χ2n) is 5.11. The summed E-state index contributed by atoms with van der Waals surface area (Å²) in [6.07, 6.45) is 2.39. The largest absolute Gasteiger partial charge is 0.325 e. The minimum atomic E-state index is 0.0109. The molecule has 110 valence electrons. The topological polar surface area (TPSA) is 29.1 Å². The van der Waals surface area contributed by atoms with E-state index in [2.05, 4.69) is 29.6 Å². The third kappa shape index (κ3) is 3.31. The molecule has 3 heteroatoms. The van der Waals surface area contributed by atoms with Crippen molar-refractivity contribution in [2.24, 2.45) is 0 Å². The van der Waals surface area contributed by atoms with Gasteiger partial charge in [-0.3, -0.25) is 4.79 Å². The average molecular weight is 307 g/mol. The summed E-state index contributed by atoms with van der Waals surface area (Å²) in [5.41, 5.74) is 1.90. The van der Waals surface area contributed by atoms with Gasteiger partial charge in [-0.05, 0) is 34.7 Å². The SMILES string of the molecule is CSc1ccccc1NC(=O)Cc1ccc2ccccc2c1. The molecule has 0 saturated carbocycles. The molecule has 0 aliphatic carbocycles. The van der Waals surface area contributed by atoms with Gasteiger partial charge in [0.05, 0.1) is 12.1 Å². The molecule has 0 aliphatic rings. The molecule has 2 nitrogen and oxygen atoms in total. The fraction of sp³-hybridized carbons (Fsp3) is 0.105. The van der Waals surface area contributed by atoms with Crippen LogP contribution in [0.2, 0.25) is 0 Å². The van der Waals surface area contributed by atoms with E-state index in [1.165, 1.54) is 5.39 Å². The quantitative estimate of drug-likeness (QED) is 0.705. The van der Waals surface area contributed by atoms with E-state index in [1.807, 2.05) is 48.7 Å². The summed E-state index contributed by atoms with van der Waals surface area (Å²) in [4.78, 5) is 13.3. The first-order valence-electron chi connectivity index (χ1n) is 7.17. The fourth-order valence-corrected chi connectivity index (χ4v) is 3.03. The molecule has 0 bridgehead atoms. The highest BCUT2D eigenvalue weighted by Gasteiger charge is 2.07. The molecule has 0 aromatic heterocycles. The Labute approximate surface area is 134 Å². The zero-order valence-electron chi connectivity index (χ0n) is 12.4. The van der Waals surface area contributed by atoms with Crippen molar-refractivity contribution in [3.63, 3.8) is 0 Å². The lowest BCUT2D eigenvalue weighted by Gasteiger charge is -2.09. The third-order valence-corrected chi connectivity index (χ3v) is 4.36. The number of amides is 1. The van der Waals surface area contributed by atoms with Gasteiger partial charge in [-0.1, -0.05) is 54.6 Å². The van der Waals surface area contributed by atoms with Gasteiger partial charge in [0, 0.05) is 4.90 Å². The molecule has 0 unspecified atom stereocenters. The lowest BCUT2D eigenvalue weighted by molar-refractivity contribution is -0.115.